The molecule has 4 heteroatoms. The number of halogens is 1. The van der Waals surface area contributed by atoms with Crippen molar-refractivity contribution in [3.8, 4) is 0 Å². The monoisotopic (exact) mass is 320 g/mol. The Morgan fingerprint density at radius 2 is 1.63 bits per heavy atom. The minimum absolute atomic E-state index is 0.343. The van der Waals surface area contributed by atoms with E-state index in [0.29, 0.717) is 16.5 Å². The van der Waals surface area contributed by atoms with Crippen LogP contribution in [0.15, 0.2) is 54.6 Å². The third-order valence-electron chi connectivity index (χ3n) is 3.05. The zero-order chi connectivity index (χ0) is 13.9. The molecule has 0 bridgehead atoms. The van der Waals surface area contributed by atoms with Gasteiger partial charge in [0.05, 0.1) is 0 Å². The topological polar surface area (TPSA) is 57.5 Å². The van der Waals surface area contributed by atoms with Gasteiger partial charge in [-0.3, -0.25) is 0 Å². The summed E-state index contributed by atoms with van der Waals surface area (Å²) in [6, 6.07) is 15.4. The predicted octanol–water partition coefficient (Wildman–Crippen LogP) is 2.90. The third-order valence-corrected chi connectivity index (χ3v) is 3.66. The second-order valence-corrected chi connectivity index (χ2v) is 4.73. The number of aliphatic carboxylic acids is 1. The first kappa shape index (κ1) is 13.8. The van der Waals surface area contributed by atoms with E-state index in [-0.39, 0.29) is 0 Å². The Kier molecular flexibility index (Phi) is 4.02. The van der Waals surface area contributed by atoms with Gasteiger partial charge in [-0.25, -0.2) is 4.79 Å². The van der Waals surface area contributed by atoms with Crippen molar-refractivity contribution in [3.63, 3.8) is 0 Å². The van der Waals surface area contributed by atoms with Gasteiger partial charge in [-0.05, 0) is 11.1 Å². The molecule has 19 heavy (non-hydrogen) atoms. The summed E-state index contributed by atoms with van der Waals surface area (Å²) in [7, 11) is 0. The van der Waals surface area contributed by atoms with Crippen molar-refractivity contribution < 1.29 is 15.0 Å². The van der Waals surface area contributed by atoms with Crippen molar-refractivity contribution in [3.05, 3.63) is 71.3 Å². The van der Waals surface area contributed by atoms with Gasteiger partial charge >= 0.3 is 5.97 Å². The molecule has 1 unspecified atom stereocenters. The lowest BCUT2D eigenvalue weighted by Crippen LogP contribution is -2.37. The summed E-state index contributed by atoms with van der Waals surface area (Å²) in [5.74, 6) is -1.29. The number of rotatable bonds is 4. The van der Waals surface area contributed by atoms with E-state index in [1.807, 2.05) is 6.07 Å². The van der Waals surface area contributed by atoms with E-state index in [9.17, 15) is 15.0 Å². The summed E-state index contributed by atoms with van der Waals surface area (Å²) >= 11 is 3.32. The Hall–Kier alpha value is -1.65. The molecular weight excluding hydrogens is 308 g/mol. The molecule has 2 rings (SSSR count). The minimum Gasteiger partial charge on any atom is -0.479 e. The molecular formula is C15H13BrO3. The van der Waals surface area contributed by atoms with E-state index < -0.39 is 11.6 Å². The van der Waals surface area contributed by atoms with Crippen LogP contribution in [0.1, 0.15) is 16.7 Å². The van der Waals surface area contributed by atoms with Crippen molar-refractivity contribution in [2.75, 3.05) is 0 Å². The van der Waals surface area contributed by atoms with Gasteiger partial charge in [0.25, 0.3) is 0 Å². The summed E-state index contributed by atoms with van der Waals surface area (Å²) in [5, 5.41) is 20.7. The highest BCUT2D eigenvalue weighted by Crippen LogP contribution is 2.33. The SMILES string of the molecule is O=C(O)C(O)(c1ccccc1)c1ccccc1CBr. The molecule has 0 aliphatic carbocycles. The van der Waals surface area contributed by atoms with Crippen molar-refractivity contribution in [2.45, 2.75) is 10.9 Å². The molecule has 0 aromatic heterocycles. The minimum atomic E-state index is -2.04. The molecule has 0 aliphatic heterocycles. The van der Waals surface area contributed by atoms with Crippen LogP contribution in [0.25, 0.3) is 0 Å². The molecule has 2 aromatic carbocycles. The summed E-state index contributed by atoms with van der Waals surface area (Å²) < 4.78 is 0. The van der Waals surface area contributed by atoms with Crippen LogP contribution in [0.5, 0.6) is 0 Å². The van der Waals surface area contributed by atoms with Crippen LogP contribution in [0, 0.1) is 0 Å². The molecule has 0 amide bonds. The molecule has 98 valence electrons. The second-order valence-electron chi connectivity index (χ2n) is 4.17. The standard InChI is InChI=1S/C15H13BrO3/c16-10-11-6-4-5-9-13(11)15(19,14(17)18)12-7-2-1-3-8-12/h1-9,19H,10H2,(H,17,18). The number of carboxylic acids is 1. The average molecular weight is 321 g/mol. The Balaban J connectivity index is 2.67. The molecule has 0 saturated carbocycles. The molecule has 2 N–H and O–H groups in total. The maximum absolute atomic E-state index is 11.6. The summed E-state index contributed by atoms with van der Waals surface area (Å²) in [5.41, 5.74) is -0.566. The van der Waals surface area contributed by atoms with E-state index in [0.717, 1.165) is 5.56 Å². The fraction of sp³-hybridized carbons (Fsp3) is 0.133. The summed E-state index contributed by atoms with van der Waals surface area (Å²) in [6.45, 7) is 0. The van der Waals surface area contributed by atoms with E-state index in [1.54, 1.807) is 48.5 Å². The summed E-state index contributed by atoms with van der Waals surface area (Å²) in [4.78, 5) is 11.6. The molecule has 0 spiro atoms. The molecule has 0 heterocycles. The van der Waals surface area contributed by atoms with Crippen LogP contribution in [0.4, 0.5) is 0 Å². The number of carboxylic acid groups (broad SMARTS) is 1. The quantitative estimate of drug-likeness (QED) is 0.852. The van der Waals surface area contributed by atoms with Crippen LogP contribution < -0.4 is 0 Å². The Labute approximate surface area is 119 Å². The molecule has 0 fully saturated rings. The lowest BCUT2D eigenvalue weighted by molar-refractivity contribution is -0.155. The van der Waals surface area contributed by atoms with Crippen molar-refractivity contribution in [1.82, 2.24) is 0 Å². The fourth-order valence-corrected chi connectivity index (χ4v) is 2.55. The normalized spacial score (nSPS) is 13.8. The lowest BCUT2D eigenvalue weighted by Gasteiger charge is -2.26. The van der Waals surface area contributed by atoms with Gasteiger partial charge < -0.3 is 10.2 Å². The molecule has 1 atom stereocenters. The number of hydrogen-bond acceptors (Lipinski definition) is 2. The second kappa shape index (κ2) is 5.55. The van der Waals surface area contributed by atoms with Gasteiger partial charge in [0, 0.05) is 10.9 Å². The van der Waals surface area contributed by atoms with Gasteiger partial charge in [-0.1, -0.05) is 70.5 Å². The first-order valence-corrected chi connectivity index (χ1v) is 6.88. The van der Waals surface area contributed by atoms with Crippen molar-refractivity contribution in [1.29, 1.82) is 0 Å². The maximum atomic E-state index is 11.6. The van der Waals surface area contributed by atoms with Crippen molar-refractivity contribution >= 4 is 21.9 Å². The first-order chi connectivity index (χ1) is 9.10. The Morgan fingerprint density at radius 3 is 2.21 bits per heavy atom. The fourth-order valence-electron chi connectivity index (χ4n) is 2.06. The predicted molar refractivity (Wildman–Crippen MR) is 76.1 cm³/mol. The van der Waals surface area contributed by atoms with Gasteiger partial charge in [-0.2, -0.15) is 0 Å². The smallest absolute Gasteiger partial charge is 0.345 e. The molecule has 3 nitrogen and oxygen atoms in total. The van der Waals surface area contributed by atoms with Gasteiger partial charge in [-0.15, -0.1) is 0 Å². The molecule has 0 radical (unpaired) electrons. The molecule has 0 aliphatic rings. The number of carbonyl (C=O) groups is 1. The van der Waals surface area contributed by atoms with E-state index in [2.05, 4.69) is 15.9 Å². The first-order valence-electron chi connectivity index (χ1n) is 5.76. The number of aliphatic hydroxyl groups is 1. The maximum Gasteiger partial charge on any atom is 0.345 e. The van der Waals surface area contributed by atoms with Gasteiger partial charge in [0.15, 0.2) is 0 Å². The highest BCUT2D eigenvalue weighted by molar-refractivity contribution is 9.08. The Bertz CT molecular complexity index is 583. The van der Waals surface area contributed by atoms with Crippen LogP contribution >= 0.6 is 15.9 Å². The van der Waals surface area contributed by atoms with Crippen LogP contribution in [0.3, 0.4) is 0 Å². The van der Waals surface area contributed by atoms with Gasteiger partial charge in [0.2, 0.25) is 5.60 Å². The largest absolute Gasteiger partial charge is 0.479 e. The van der Waals surface area contributed by atoms with E-state index in [4.69, 9.17) is 0 Å². The average Bonchev–Trinajstić information content (AvgIpc) is 2.47. The van der Waals surface area contributed by atoms with E-state index in [1.165, 1.54) is 0 Å². The zero-order valence-corrected chi connectivity index (χ0v) is 11.7. The lowest BCUT2D eigenvalue weighted by atomic mass is 9.84. The van der Waals surface area contributed by atoms with Crippen molar-refractivity contribution in [2.24, 2.45) is 0 Å². The summed E-state index contributed by atoms with van der Waals surface area (Å²) in [6.07, 6.45) is 0. The highest BCUT2D eigenvalue weighted by atomic mass is 79.9. The number of hydrogen-bond donors (Lipinski definition) is 2. The zero-order valence-electron chi connectivity index (χ0n) is 10.1. The van der Waals surface area contributed by atoms with Crippen LogP contribution in [-0.2, 0) is 15.7 Å². The molecule has 2 aromatic rings. The van der Waals surface area contributed by atoms with E-state index >= 15 is 0 Å². The third kappa shape index (κ3) is 2.41. The van der Waals surface area contributed by atoms with Gasteiger partial charge in [0.1, 0.15) is 0 Å². The highest BCUT2D eigenvalue weighted by Gasteiger charge is 2.41. The Morgan fingerprint density at radius 1 is 1.05 bits per heavy atom. The number of alkyl halides is 1. The number of benzene rings is 2. The van der Waals surface area contributed by atoms with Crippen LogP contribution in [0.2, 0.25) is 0 Å². The molecule has 0 saturated heterocycles. The van der Waals surface area contributed by atoms with Crippen LogP contribution in [-0.4, -0.2) is 16.2 Å².